The van der Waals surface area contributed by atoms with E-state index in [1.54, 1.807) is 36.4 Å². The molecule has 8 heteroatoms. The predicted octanol–water partition coefficient (Wildman–Crippen LogP) is 5.22. The van der Waals surface area contributed by atoms with Gasteiger partial charge in [0.05, 0.1) is 24.0 Å². The summed E-state index contributed by atoms with van der Waals surface area (Å²) in [5.41, 5.74) is 1.23. The summed E-state index contributed by atoms with van der Waals surface area (Å²) < 4.78 is 47.5. The monoisotopic (exact) mass is 423 g/mol. The number of para-hydroxylation sites is 1. The van der Waals surface area contributed by atoms with Gasteiger partial charge in [-0.25, -0.2) is 17.9 Å². The van der Waals surface area contributed by atoms with E-state index in [1.807, 2.05) is 18.2 Å². The first-order valence-corrected chi connectivity index (χ1v) is 9.21. The highest BCUT2D eigenvalue weighted by Crippen LogP contribution is 2.28. The maximum Gasteiger partial charge on any atom is 0.259 e. The van der Waals surface area contributed by atoms with Crippen LogP contribution in [0.2, 0.25) is 0 Å². The van der Waals surface area contributed by atoms with E-state index in [-0.39, 0.29) is 5.56 Å². The molecule has 0 aliphatic rings. The summed E-state index contributed by atoms with van der Waals surface area (Å²) in [5, 5.41) is 6.81. The number of benzene rings is 3. The van der Waals surface area contributed by atoms with Crippen LogP contribution in [0.4, 0.5) is 18.9 Å². The molecule has 4 aromatic rings. The molecule has 31 heavy (non-hydrogen) atoms. The Morgan fingerprint density at radius 1 is 0.935 bits per heavy atom. The molecule has 1 amide bonds. The molecule has 0 atom stereocenters. The quantitative estimate of drug-likeness (QED) is 0.448. The summed E-state index contributed by atoms with van der Waals surface area (Å²) in [6.45, 7) is 0. The summed E-state index contributed by atoms with van der Waals surface area (Å²) in [6, 6.07) is 17.0. The van der Waals surface area contributed by atoms with Crippen LogP contribution in [0.15, 0.2) is 72.9 Å². The predicted molar refractivity (Wildman–Crippen MR) is 110 cm³/mol. The van der Waals surface area contributed by atoms with Crippen molar-refractivity contribution in [3.05, 3.63) is 95.9 Å². The fraction of sp³-hybridized carbons (Fsp3) is 0.0435. The van der Waals surface area contributed by atoms with Gasteiger partial charge in [-0.2, -0.15) is 5.10 Å². The van der Waals surface area contributed by atoms with Crippen molar-refractivity contribution in [2.24, 2.45) is 0 Å². The van der Waals surface area contributed by atoms with Crippen LogP contribution in [0.3, 0.4) is 0 Å². The Labute approximate surface area is 175 Å². The van der Waals surface area contributed by atoms with Crippen molar-refractivity contribution in [3.63, 3.8) is 0 Å². The van der Waals surface area contributed by atoms with E-state index in [0.717, 1.165) is 0 Å². The van der Waals surface area contributed by atoms with Crippen molar-refractivity contribution >= 4 is 11.6 Å². The largest absolute Gasteiger partial charge is 0.497 e. The van der Waals surface area contributed by atoms with Gasteiger partial charge in [0.25, 0.3) is 5.91 Å². The number of hydrogen-bond acceptors (Lipinski definition) is 3. The van der Waals surface area contributed by atoms with Crippen molar-refractivity contribution in [1.82, 2.24) is 9.78 Å². The van der Waals surface area contributed by atoms with Crippen molar-refractivity contribution in [3.8, 4) is 22.7 Å². The Kier molecular flexibility index (Phi) is 5.44. The topological polar surface area (TPSA) is 56.2 Å². The third kappa shape index (κ3) is 4.13. The second-order valence-electron chi connectivity index (χ2n) is 6.60. The van der Waals surface area contributed by atoms with Gasteiger partial charge in [-0.15, -0.1) is 0 Å². The van der Waals surface area contributed by atoms with Crippen molar-refractivity contribution in [2.75, 3.05) is 12.4 Å². The zero-order chi connectivity index (χ0) is 22.0. The van der Waals surface area contributed by atoms with Gasteiger partial charge in [0.1, 0.15) is 17.3 Å². The lowest BCUT2D eigenvalue weighted by Crippen LogP contribution is -2.14. The number of carbonyl (C=O) groups is 1. The molecule has 0 fully saturated rings. The lowest BCUT2D eigenvalue weighted by atomic mass is 10.1. The van der Waals surface area contributed by atoms with Gasteiger partial charge in [-0.1, -0.05) is 30.3 Å². The van der Waals surface area contributed by atoms with E-state index in [1.165, 1.54) is 18.0 Å². The second-order valence-corrected chi connectivity index (χ2v) is 6.60. The molecule has 156 valence electrons. The van der Waals surface area contributed by atoms with E-state index in [0.29, 0.717) is 34.8 Å². The maximum atomic E-state index is 14.0. The molecule has 0 aliphatic heterocycles. The lowest BCUT2D eigenvalue weighted by molar-refractivity contribution is 0.102. The lowest BCUT2D eigenvalue weighted by Gasteiger charge is -2.08. The Hall–Kier alpha value is -4.07. The van der Waals surface area contributed by atoms with Gasteiger partial charge in [-0.05, 0) is 24.3 Å². The van der Waals surface area contributed by atoms with Crippen molar-refractivity contribution < 1.29 is 22.7 Å². The minimum atomic E-state index is -1.34. The van der Waals surface area contributed by atoms with Gasteiger partial charge in [0.2, 0.25) is 0 Å². The molecular formula is C23H16F3N3O2. The van der Waals surface area contributed by atoms with Crippen LogP contribution in [-0.4, -0.2) is 22.8 Å². The molecule has 1 heterocycles. The van der Waals surface area contributed by atoms with Gasteiger partial charge >= 0.3 is 0 Å². The molecule has 0 radical (unpaired) electrons. The number of amides is 1. The van der Waals surface area contributed by atoms with Crippen molar-refractivity contribution in [2.45, 2.75) is 0 Å². The molecule has 4 rings (SSSR count). The van der Waals surface area contributed by atoms with Crippen LogP contribution in [0, 0.1) is 17.5 Å². The van der Waals surface area contributed by atoms with E-state index >= 15 is 0 Å². The average Bonchev–Trinajstić information content (AvgIpc) is 3.24. The molecule has 1 aromatic heterocycles. The Balaban J connectivity index is 1.79. The van der Waals surface area contributed by atoms with Gasteiger partial charge in [0, 0.05) is 23.9 Å². The summed E-state index contributed by atoms with van der Waals surface area (Å²) in [7, 11) is 1.52. The number of hydrogen-bond donors (Lipinski definition) is 1. The molecule has 0 aliphatic carbocycles. The SMILES string of the molecule is COc1cccc(-c2nn(-c3ccccc3)cc2C(=O)Nc2cc(F)c(F)cc2F)c1. The number of nitrogens with one attached hydrogen (secondary N) is 1. The van der Waals surface area contributed by atoms with Crippen molar-refractivity contribution in [1.29, 1.82) is 0 Å². The molecule has 0 saturated carbocycles. The number of methoxy groups -OCH3 is 1. The fourth-order valence-corrected chi connectivity index (χ4v) is 3.04. The summed E-state index contributed by atoms with van der Waals surface area (Å²) in [4.78, 5) is 13.0. The van der Waals surface area contributed by atoms with Gasteiger partial charge in [0.15, 0.2) is 11.6 Å². The van der Waals surface area contributed by atoms with Gasteiger partial charge in [-0.3, -0.25) is 4.79 Å². The Bertz CT molecular complexity index is 1260. The van der Waals surface area contributed by atoms with Crippen LogP contribution in [-0.2, 0) is 0 Å². The zero-order valence-electron chi connectivity index (χ0n) is 16.3. The molecule has 1 N–H and O–H groups in total. The molecule has 0 bridgehead atoms. The highest BCUT2D eigenvalue weighted by molar-refractivity contribution is 6.08. The third-order valence-corrected chi connectivity index (χ3v) is 4.58. The number of ether oxygens (including phenoxy) is 1. The maximum absolute atomic E-state index is 14.0. The number of rotatable bonds is 5. The molecule has 0 unspecified atom stereocenters. The van der Waals surface area contributed by atoms with Gasteiger partial charge < -0.3 is 10.1 Å². The number of carbonyl (C=O) groups excluding carboxylic acids is 1. The summed E-state index contributed by atoms with van der Waals surface area (Å²) >= 11 is 0. The Morgan fingerprint density at radius 3 is 2.42 bits per heavy atom. The standard InChI is InChI=1S/C23H16F3N3O2/c1-31-16-9-5-6-14(10-16)22-17(13-29(28-22)15-7-3-2-4-8-15)23(30)27-21-12-19(25)18(24)11-20(21)26/h2-13H,1H3,(H,27,30). The molecular weight excluding hydrogens is 407 g/mol. The van der Waals surface area contributed by atoms with E-state index in [9.17, 15) is 18.0 Å². The molecule has 5 nitrogen and oxygen atoms in total. The molecule has 0 spiro atoms. The summed E-state index contributed by atoms with van der Waals surface area (Å²) in [5.74, 6) is -3.88. The number of aromatic nitrogens is 2. The zero-order valence-corrected chi connectivity index (χ0v) is 16.3. The Morgan fingerprint density at radius 2 is 1.68 bits per heavy atom. The van der Waals surface area contributed by atoms with Crippen LogP contribution < -0.4 is 10.1 Å². The normalized spacial score (nSPS) is 10.7. The number of nitrogens with zero attached hydrogens (tertiary/aromatic N) is 2. The summed E-state index contributed by atoms with van der Waals surface area (Å²) in [6.07, 6.45) is 1.48. The van der Waals surface area contributed by atoms with E-state index in [4.69, 9.17) is 4.74 Å². The third-order valence-electron chi connectivity index (χ3n) is 4.58. The van der Waals surface area contributed by atoms with Crippen LogP contribution in [0.25, 0.3) is 16.9 Å². The minimum absolute atomic E-state index is 0.112. The van der Waals surface area contributed by atoms with E-state index < -0.39 is 29.0 Å². The fourth-order valence-electron chi connectivity index (χ4n) is 3.04. The highest BCUT2D eigenvalue weighted by Gasteiger charge is 2.21. The van der Waals surface area contributed by atoms with Crippen LogP contribution in [0.5, 0.6) is 5.75 Å². The highest BCUT2D eigenvalue weighted by atomic mass is 19.2. The smallest absolute Gasteiger partial charge is 0.259 e. The number of halogens is 3. The molecule has 0 saturated heterocycles. The number of anilines is 1. The average molecular weight is 423 g/mol. The first-order chi connectivity index (χ1) is 15.0. The minimum Gasteiger partial charge on any atom is -0.497 e. The van der Waals surface area contributed by atoms with Crippen LogP contribution >= 0.6 is 0 Å². The second kappa shape index (κ2) is 8.35. The first kappa shape index (κ1) is 20.2. The van der Waals surface area contributed by atoms with Crippen LogP contribution in [0.1, 0.15) is 10.4 Å². The molecule has 3 aromatic carbocycles. The first-order valence-electron chi connectivity index (χ1n) is 9.21. The van der Waals surface area contributed by atoms with E-state index in [2.05, 4.69) is 10.4 Å².